The van der Waals surface area contributed by atoms with Crippen LogP contribution in [0.1, 0.15) is 77.0 Å². The van der Waals surface area contributed by atoms with Gasteiger partial charge in [0.05, 0.1) is 4.90 Å². The first-order valence-corrected chi connectivity index (χ1v) is 12.3. The molecule has 0 radical (unpaired) electrons. The molecule has 1 aromatic carbocycles. The third-order valence-electron chi connectivity index (χ3n) is 6.53. The van der Waals surface area contributed by atoms with E-state index in [1.807, 2.05) is 4.90 Å². The summed E-state index contributed by atoms with van der Waals surface area (Å²) in [5.41, 5.74) is 5.95. The summed E-state index contributed by atoms with van der Waals surface area (Å²) in [6, 6.07) is 8.50. The number of sulfone groups is 1. The third kappa shape index (κ3) is 4.13. The zero-order chi connectivity index (χ0) is 20.0. The lowest BCUT2D eigenvalue weighted by atomic mass is 9.91. The van der Waals surface area contributed by atoms with Gasteiger partial charge in [-0.15, -0.1) is 0 Å². The maximum atomic E-state index is 13.9. The lowest BCUT2D eigenvalue weighted by Gasteiger charge is -2.46. The molecule has 1 aliphatic carbocycles. The van der Waals surface area contributed by atoms with E-state index in [-0.39, 0.29) is 17.4 Å². The predicted octanol–water partition coefficient (Wildman–Crippen LogP) is 4.02. The number of nitrogens with zero attached hydrogens (tertiary/aromatic N) is 1. The van der Waals surface area contributed by atoms with Crippen LogP contribution < -0.4 is 5.73 Å². The molecular formula is C22H34N2O3S. The van der Waals surface area contributed by atoms with Crippen LogP contribution in [0.15, 0.2) is 35.2 Å². The highest BCUT2D eigenvalue weighted by Gasteiger charge is 2.55. The largest absolute Gasteiger partial charge is 0.367 e. The molecule has 1 heterocycles. The molecule has 1 aliphatic heterocycles. The number of hydrogen-bond donors (Lipinski definition) is 1. The van der Waals surface area contributed by atoms with Gasteiger partial charge in [0.2, 0.25) is 14.7 Å². The van der Waals surface area contributed by atoms with E-state index < -0.39 is 20.6 Å². The Morgan fingerprint density at radius 3 is 2.11 bits per heavy atom. The number of rotatable bonds is 4. The molecular weight excluding hydrogens is 372 g/mol. The van der Waals surface area contributed by atoms with Crippen LogP contribution in [0.5, 0.6) is 0 Å². The summed E-state index contributed by atoms with van der Waals surface area (Å²) >= 11 is 0. The van der Waals surface area contributed by atoms with Crippen molar-refractivity contribution < 1.29 is 13.2 Å². The first-order valence-electron chi connectivity index (χ1n) is 10.9. The molecule has 1 amide bonds. The predicted molar refractivity (Wildman–Crippen MR) is 111 cm³/mol. The van der Waals surface area contributed by atoms with Crippen LogP contribution in [0.2, 0.25) is 0 Å². The van der Waals surface area contributed by atoms with E-state index in [4.69, 9.17) is 5.73 Å². The highest BCUT2D eigenvalue weighted by Crippen LogP contribution is 2.39. The van der Waals surface area contributed by atoms with Gasteiger partial charge in [0, 0.05) is 12.6 Å². The summed E-state index contributed by atoms with van der Waals surface area (Å²) in [5, 5.41) is 0. The van der Waals surface area contributed by atoms with Crippen molar-refractivity contribution in [2.24, 2.45) is 5.73 Å². The molecule has 5 nitrogen and oxygen atoms in total. The number of nitrogens with two attached hydrogens (primary N) is 1. The average molecular weight is 407 g/mol. The van der Waals surface area contributed by atoms with Crippen LogP contribution in [-0.2, 0) is 14.6 Å². The van der Waals surface area contributed by atoms with Gasteiger partial charge in [-0.2, -0.15) is 0 Å². The fraction of sp³-hybridized carbons (Fsp3) is 0.682. The Balaban J connectivity index is 2.10. The molecule has 28 heavy (non-hydrogen) atoms. The van der Waals surface area contributed by atoms with E-state index in [0.717, 1.165) is 44.9 Å². The molecule has 2 N–H and O–H groups in total. The van der Waals surface area contributed by atoms with Gasteiger partial charge in [0.25, 0.3) is 5.91 Å². The Bertz CT molecular complexity index is 742. The van der Waals surface area contributed by atoms with Gasteiger partial charge in [-0.05, 0) is 44.2 Å². The summed E-state index contributed by atoms with van der Waals surface area (Å²) in [6.45, 7) is 0.625. The molecule has 6 heteroatoms. The number of amides is 1. The molecule has 1 saturated carbocycles. The molecule has 2 fully saturated rings. The monoisotopic (exact) mass is 406 g/mol. The molecule has 1 aromatic rings. The van der Waals surface area contributed by atoms with E-state index in [0.29, 0.717) is 13.0 Å². The highest BCUT2D eigenvalue weighted by atomic mass is 32.2. The van der Waals surface area contributed by atoms with Crippen LogP contribution in [0, 0.1) is 0 Å². The minimum atomic E-state index is -3.93. The van der Waals surface area contributed by atoms with E-state index in [2.05, 4.69) is 0 Å². The minimum absolute atomic E-state index is 0.101. The van der Waals surface area contributed by atoms with E-state index in [9.17, 15) is 13.2 Å². The number of carbonyl (C=O) groups is 1. The smallest absolute Gasteiger partial charge is 0.254 e. The van der Waals surface area contributed by atoms with Crippen LogP contribution in [-0.4, -0.2) is 36.7 Å². The normalized spacial score (nSPS) is 26.6. The fourth-order valence-corrected chi connectivity index (χ4v) is 7.16. The van der Waals surface area contributed by atoms with Crippen molar-refractivity contribution >= 4 is 15.7 Å². The zero-order valence-corrected chi connectivity index (χ0v) is 17.6. The molecule has 1 atom stereocenters. The molecule has 2 aliphatic rings. The van der Waals surface area contributed by atoms with Gasteiger partial charge < -0.3 is 5.73 Å². The molecule has 3 rings (SSSR count). The second kappa shape index (κ2) is 9.40. The number of carbonyl (C=O) groups excluding carboxylic acids is 1. The van der Waals surface area contributed by atoms with Gasteiger partial charge in [0.15, 0.2) is 0 Å². The number of likely N-dealkylation sites (tertiary alicyclic amines) is 1. The second-order valence-corrected chi connectivity index (χ2v) is 10.5. The van der Waals surface area contributed by atoms with Crippen molar-refractivity contribution in [1.29, 1.82) is 0 Å². The average Bonchev–Trinajstić information content (AvgIpc) is 2.63. The van der Waals surface area contributed by atoms with Gasteiger partial charge in [-0.1, -0.05) is 63.1 Å². The molecule has 0 bridgehead atoms. The van der Waals surface area contributed by atoms with Crippen LogP contribution in [0.4, 0.5) is 0 Å². The second-order valence-electron chi connectivity index (χ2n) is 8.32. The first-order chi connectivity index (χ1) is 13.5. The van der Waals surface area contributed by atoms with Crippen LogP contribution in [0.3, 0.4) is 0 Å². The van der Waals surface area contributed by atoms with E-state index >= 15 is 0 Å². The van der Waals surface area contributed by atoms with Gasteiger partial charge in [0.1, 0.15) is 0 Å². The van der Waals surface area contributed by atoms with Crippen molar-refractivity contribution in [1.82, 2.24) is 4.90 Å². The summed E-state index contributed by atoms with van der Waals surface area (Å²) in [7, 11) is -3.93. The maximum Gasteiger partial charge on any atom is 0.254 e. The Labute approximate surface area is 169 Å². The Morgan fingerprint density at radius 2 is 1.46 bits per heavy atom. The van der Waals surface area contributed by atoms with E-state index in [1.165, 1.54) is 19.3 Å². The van der Waals surface area contributed by atoms with Gasteiger partial charge in [-0.25, -0.2) is 8.42 Å². The lowest BCUT2D eigenvalue weighted by molar-refractivity contribution is -0.127. The zero-order valence-electron chi connectivity index (χ0n) is 16.8. The Morgan fingerprint density at radius 1 is 0.893 bits per heavy atom. The number of primary amides is 1. The summed E-state index contributed by atoms with van der Waals surface area (Å²) in [4.78, 5) is 13.5. The molecule has 0 aromatic heterocycles. The minimum Gasteiger partial charge on any atom is -0.367 e. The summed E-state index contributed by atoms with van der Waals surface area (Å²) in [5.74, 6) is -0.708. The van der Waals surface area contributed by atoms with Crippen molar-refractivity contribution in [2.75, 3.05) is 6.54 Å². The number of hydrogen-bond acceptors (Lipinski definition) is 4. The standard InChI is InChI=1S/C22H34N2O3S/c23-21(25)22(28(26,27)20-15-9-6-10-16-20)17-11-4-5-12-18-24(22)19-13-7-2-1-3-8-14-19/h6,9-10,15-16,19H,1-5,7-8,11-14,17-18H2,(H2,23,25). The van der Waals surface area contributed by atoms with Gasteiger partial charge >= 0.3 is 0 Å². The van der Waals surface area contributed by atoms with Crippen molar-refractivity contribution in [3.05, 3.63) is 30.3 Å². The molecule has 1 unspecified atom stereocenters. The first kappa shape index (κ1) is 21.3. The summed E-state index contributed by atoms with van der Waals surface area (Å²) in [6.07, 6.45) is 11.6. The fourth-order valence-electron chi connectivity index (χ4n) is 5.03. The Hall–Kier alpha value is -1.40. The van der Waals surface area contributed by atoms with Gasteiger partial charge in [-0.3, -0.25) is 9.69 Å². The topological polar surface area (TPSA) is 80.5 Å². The Kier molecular flexibility index (Phi) is 7.15. The van der Waals surface area contributed by atoms with Crippen molar-refractivity contribution in [3.8, 4) is 0 Å². The molecule has 1 saturated heterocycles. The van der Waals surface area contributed by atoms with Crippen LogP contribution in [0.25, 0.3) is 0 Å². The SMILES string of the molecule is NC(=O)C1(S(=O)(=O)c2ccccc2)CCCCCCN1C1CCCCCCC1. The number of benzene rings is 1. The lowest BCUT2D eigenvalue weighted by Crippen LogP contribution is -2.65. The van der Waals surface area contributed by atoms with Crippen LogP contribution >= 0.6 is 0 Å². The van der Waals surface area contributed by atoms with Crippen molar-refractivity contribution in [3.63, 3.8) is 0 Å². The molecule has 156 valence electrons. The maximum absolute atomic E-state index is 13.9. The van der Waals surface area contributed by atoms with Crippen molar-refractivity contribution in [2.45, 2.75) is 92.9 Å². The summed E-state index contributed by atoms with van der Waals surface area (Å²) < 4.78 is 27.8. The third-order valence-corrected chi connectivity index (χ3v) is 8.95. The highest BCUT2D eigenvalue weighted by molar-refractivity contribution is 7.93. The quantitative estimate of drug-likeness (QED) is 0.819. The van der Waals surface area contributed by atoms with E-state index in [1.54, 1.807) is 30.3 Å². The molecule has 0 spiro atoms.